The van der Waals surface area contributed by atoms with Crippen LogP contribution < -0.4 is 16.0 Å². The normalized spacial score (nSPS) is 21.2. The van der Waals surface area contributed by atoms with Crippen LogP contribution in [0.2, 0.25) is 0 Å². The van der Waals surface area contributed by atoms with Crippen molar-refractivity contribution in [3.05, 3.63) is 70.5 Å². The Morgan fingerprint density at radius 3 is 3.10 bits per heavy atom. The number of benzene rings is 1. The molecule has 1 aliphatic heterocycles. The number of hydrogen-bond acceptors (Lipinski definition) is 5. The predicted molar refractivity (Wildman–Crippen MR) is 118 cm³/mol. The second kappa shape index (κ2) is 7.24. The van der Waals surface area contributed by atoms with Crippen molar-refractivity contribution in [1.29, 1.82) is 0 Å². The summed E-state index contributed by atoms with van der Waals surface area (Å²) in [6.07, 6.45) is 6.52. The van der Waals surface area contributed by atoms with E-state index in [9.17, 15) is 4.79 Å². The first-order valence-electron chi connectivity index (χ1n) is 9.80. The third-order valence-electron chi connectivity index (χ3n) is 5.71. The highest BCUT2D eigenvalue weighted by atomic mass is 32.2. The molecule has 1 aromatic carbocycles. The quantitative estimate of drug-likeness (QED) is 0.624. The van der Waals surface area contributed by atoms with Crippen LogP contribution in [0.5, 0.6) is 0 Å². The monoisotopic (exact) mass is 405 g/mol. The van der Waals surface area contributed by atoms with Gasteiger partial charge < -0.3 is 20.9 Å². The molecule has 3 aromatic rings. The SMILES string of the molecule is Cc1c[nH]c2nccc(N3C=C(C(=O)N[C@@H]4c5ccccc5C[C@@H]4N)SCC3)c12. The van der Waals surface area contributed by atoms with Gasteiger partial charge in [-0.15, -0.1) is 11.8 Å². The Morgan fingerprint density at radius 1 is 1.34 bits per heavy atom. The van der Waals surface area contributed by atoms with Gasteiger partial charge in [0.1, 0.15) is 5.65 Å². The number of anilines is 1. The second-order valence-electron chi connectivity index (χ2n) is 7.58. The molecule has 2 aromatic heterocycles. The van der Waals surface area contributed by atoms with Crippen LogP contribution in [0.1, 0.15) is 22.7 Å². The lowest BCUT2D eigenvalue weighted by molar-refractivity contribution is -0.117. The van der Waals surface area contributed by atoms with Crippen LogP contribution in [-0.4, -0.2) is 34.2 Å². The number of nitrogens with one attached hydrogen (secondary N) is 2. The summed E-state index contributed by atoms with van der Waals surface area (Å²) in [7, 11) is 0. The number of aryl methyl sites for hydroxylation is 1. The van der Waals surface area contributed by atoms with Gasteiger partial charge >= 0.3 is 0 Å². The highest BCUT2D eigenvalue weighted by Crippen LogP contribution is 2.34. The van der Waals surface area contributed by atoms with E-state index in [1.807, 2.05) is 30.6 Å². The Balaban J connectivity index is 1.42. The fraction of sp³-hybridized carbons (Fsp3) is 0.273. The molecule has 0 saturated carbocycles. The number of nitrogens with two attached hydrogens (primary N) is 1. The Labute approximate surface area is 173 Å². The van der Waals surface area contributed by atoms with E-state index >= 15 is 0 Å². The molecule has 1 amide bonds. The van der Waals surface area contributed by atoms with E-state index in [1.54, 1.807) is 18.0 Å². The molecule has 0 spiro atoms. The van der Waals surface area contributed by atoms with Gasteiger partial charge in [0.2, 0.25) is 0 Å². The summed E-state index contributed by atoms with van der Waals surface area (Å²) in [5.41, 5.74) is 11.8. The van der Waals surface area contributed by atoms with Gasteiger partial charge in [0.05, 0.1) is 16.6 Å². The lowest BCUT2D eigenvalue weighted by Crippen LogP contribution is -2.39. The maximum absolute atomic E-state index is 13.1. The zero-order valence-electron chi connectivity index (χ0n) is 16.2. The van der Waals surface area contributed by atoms with Gasteiger partial charge in [0.15, 0.2) is 0 Å². The van der Waals surface area contributed by atoms with E-state index in [-0.39, 0.29) is 18.0 Å². The van der Waals surface area contributed by atoms with Crippen molar-refractivity contribution in [2.24, 2.45) is 5.73 Å². The first kappa shape index (κ1) is 18.3. The average molecular weight is 406 g/mol. The molecule has 6 nitrogen and oxygen atoms in total. The molecule has 148 valence electrons. The molecule has 0 fully saturated rings. The summed E-state index contributed by atoms with van der Waals surface area (Å²) in [6.45, 7) is 2.91. The van der Waals surface area contributed by atoms with Crippen LogP contribution >= 0.6 is 11.8 Å². The number of thioether (sulfide) groups is 1. The number of carbonyl (C=O) groups excluding carboxylic acids is 1. The predicted octanol–water partition coefficient (Wildman–Crippen LogP) is 3.01. The first-order valence-corrected chi connectivity index (χ1v) is 10.8. The third kappa shape index (κ3) is 3.20. The van der Waals surface area contributed by atoms with Gasteiger partial charge in [-0.25, -0.2) is 4.98 Å². The fourth-order valence-corrected chi connectivity index (χ4v) is 5.17. The van der Waals surface area contributed by atoms with E-state index in [1.165, 1.54) is 5.56 Å². The van der Waals surface area contributed by atoms with Crippen molar-refractivity contribution >= 4 is 34.4 Å². The van der Waals surface area contributed by atoms with E-state index in [0.29, 0.717) is 4.91 Å². The molecule has 5 rings (SSSR count). The van der Waals surface area contributed by atoms with Gasteiger partial charge in [-0.05, 0) is 36.1 Å². The van der Waals surface area contributed by atoms with Crippen LogP contribution in [0.4, 0.5) is 5.69 Å². The molecule has 0 saturated heterocycles. The van der Waals surface area contributed by atoms with Crippen LogP contribution in [0.3, 0.4) is 0 Å². The number of amides is 1. The molecule has 4 N–H and O–H groups in total. The largest absolute Gasteiger partial charge is 0.346 e. The Morgan fingerprint density at radius 2 is 2.21 bits per heavy atom. The summed E-state index contributed by atoms with van der Waals surface area (Å²) in [6, 6.07) is 9.94. The molecule has 2 atom stereocenters. The second-order valence-corrected chi connectivity index (χ2v) is 8.72. The van der Waals surface area contributed by atoms with Crippen molar-refractivity contribution in [1.82, 2.24) is 15.3 Å². The zero-order chi connectivity index (χ0) is 20.0. The molecule has 0 radical (unpaired) electrons. The van der Waals surface area contributed by atoms with Gasteiger partial charge in [0, 0.05) is 42.3 Å². The number of nitrogens with zero attached hydrogens (tertiary/aromatic N) is 2. The van der Waals surface area contributed by atoms with Crippen molar-refractivity contribution in [2.75, 3.05) is 17.2 Å². The van der Waals surface area contributed by atoms with Crippen LogP contribution in [-0.2, 0) is 11.2 Å². The Hall–Kier alpha value is -2.77. The van der Waals surface area contributed by atoms with Crippen LogP contribution in [0.25, 0.3) is 11.0 Å². The fourth-order valence-electron chi connectivity index (χ4n) is 4.27. The topological polar surface area (TPSA) is 87.0 Å². The summed E-state index contributed by atoms with van der Waals surface area (Å²) < 4.78 is 0. The minimum absolute atomic E-state index is 0.0621. The molecule has 1 aliphatic carbocycles. The minimum atomic E-state index is -0.143. The lowest BCUT2D eigenvalue weighted by atomic mass is 10.1. The number of aromatic amines is 1. The molecule has 0 bridgehead atoms. The van der Waals surface area contributed by atoms with Gasteiger partial charge in [0.25, 0.3) is 5.91 Å². The maximum Gasteiger partial charge on any atom is 0.259 e. The smallest absolute Gasteiger partial charge is 0.259 e. The van der Waals surface area contributed by atoms with E-state index in [4.69, 9.17) is 5.73 Å². The lowest BCUT2D eigenvalue weighted by Gasteiger charge is -2.28. The van der Waals surface area contributed by atoms with Gasteiger partial charge in [-0.1, -0.05) is 24.3 Å². The Bertz CT molecular complexity index is 1120. The Kier molecular flexibility index (Phi) is 4.56. The van der Waals surface area contributed by atoms with Crippen LogP contribution in [0.15, 0.2) is 53.8 Å². The number of aromatic nitrogens is 2. The molecular weight excluding hydrogens is 382 g/mol. The maximum atomic E-state index is 13.1. The highest BCUT2D eigenvalue weighted by Gasteiger charge is 2.32. The van der Waals surface area contributed by atoms with Crippen molar-refractivity contribution in [3.63, 3.8) is 0 Å². The summed E-state index contributed by atoms with van der Waals surface area (Å²) in [4.78, 5) is 23.5. The third-order valence-corrected chi connectivity index (χ3v) is 6.69. The summed E-state index contributed by atoms with van der Waals surface area (Å²) in [5, 5.41) is 4.27. The van der Waals surface area contributed by atoms with Crippen molar-refractivity contribution < 1.29 is 4.79 Å². The number of H-pyrrole nitrogens is 1. The van der Waals surface area contributed by atoms with Crippen molar-refractivity contribution in [3.8, 4) is 0 Å². The highest BCUT2D eigenvalue weighted by molar-refractivity contribution is 8.04. The molecule has 29 heavy (non-hydrogen) atoms. The number of fused-ring (bicyclic) bond motifs is 2. The van der Waals surface area contributed by atoms with E-state index < -0.39 is 0 Å². The molecule has 3 heterocycles. The number of hydrogen-bond donors (Lipinski definition) is 3. The van der Waals surface area contributed by atoms with Crippen molar-refractivity contribution in [2.45, 2.75) is 25.4 Å². The molecule has 7 heteroatoms. The van der Waals surface area contributed by atoms with Gasteiger partial charge in [-0.2, -0.15) is 0 Å². The van der Waals surface area contributed by atoms with Crippen LogP contribution in [0, 0.1) is 6.92 Å². The number of pyridine rings is 1. The van der Waals surface area contributed by atoms with E-state index in [0.717, 1.165) is 46.6 Å². The minimum Gasteiger partial charge on any atom is -0.346 e. The zero-order valence-corrected chi connectivity index (χ0v) is 17.0. The summed E-state index contributed by atoms with van der Waals surface area (Å²) in [5.74, 6) is 0.785. The number of carbonyl (C=O) groups is 1. The molecule has 0 unspecified atom stereocenters. The number of rotatable bonds is 3. The van der Waals surface area contributed by atoms with E-state index in [2.05, 4.69) is 39.2 Å². The standard InChI is InChI=1S/C22H23N5OS/c1-13-11-25-21-19(13)17(6-7-24-21)27-8-9-29-18(12-27)22(28)26-20-15-5-3-2-4-14(15)10-16(20)23/h2-7,11-12,16,20H,8-10,23H2,1H3,(H,24,25)(H,26,28)/t16-,20+/m0/s1. The van der Waals surface area contributed by atoms with Gasteiger partial charge in [-0.3, -0.25) is 4.79 Å². The first-order chi connectivity index (χ1) is 14.1. The average Bonchev–Trinajstić information content (AvgIpc) is 3.28. The molecular formula is C22H23N5OS. The summed E-state index contributed by atoms with van der Waals surface area (Å²) >= 11 is 1.59. The molecule has 2 aliphatic rings.